The van der Waals surface area contributed by atoms with Crippen molar-refractivity contribution in [2.75, 3.05) is 44.2 Å². The van der Waals surface area contributed by atoms with Crippen LogP contribution in [0.15, 0.2) is 35.3 Å². The van der Waals surface area contributed by atoms with Crippen LogP contribution >= 0.6 is 0 Å². The molecule has 134 valence electrons. The molecule has 0 aliphatic heterocycles. The van der Waals surface area contributed by atoms with Crippen LogP contribution in [0.1, 0.15) is 27.2 Å². The highest BCUT2D eigenvalue weighted by Crippen LogP contribution is 2.12. The summed E-state index contributed by atoms with van der Waals surface area (Å²) in [5, 5.41) is 9.20. The zero-order valence-corrected chi connectivity index (χ0v) is 15.1. The summed E-state index contributed by atoms with van der Waals surface area (Å²) >= 11 is 0. The van der Waals surface area contributed by atoms with Crippen molar-refractivity contribution < 1.29 is 4.79 Å². The Balaban J connectivity index is 2.36. The summed E-state index contributed by atoms with van der Waals surface area (Å²) < 4.78 is 0. The molecule has 0 aliphatic carbocycles. The molecule has 0 atom stereocenters. The van der Waals surface area contributed by atoms with Gasteiger partial charge in [-0.05, 0) is 32.4 Å². The third kappa shape index (κ3) is 8.41. The predicted molar refractivity (Wildman–Crippen MR) is 102 cm³/mol. The fourth-order valence-corrected chi connectivity index (χ4v) is 2.32. The maximum absolute atomic E-state index is 10.8. The van der Waals surface area contributed by atoms with Crippen molar-refractivity contribution in [3.05, 3.63) is 30.3 Å². The Kier molecular flexibility index (Phi) is 10.1. The van der Waals surface area contributed by atoms with Gasteiger partial charge < -0.3 is 20.9 Å². The minimum Gasteiger partial charge on any atom is -0.372 e. The van der Waals surface area contributed by atoms with Crippen molar-refractivity contribution >= 4 is 17.6 Å². The van der Waals surface area contributed by atoms with E-state index in [1.165, 1.54) is 12.6 Å². The average Bonchev–Trinajstić information content (AvgIpc) is 2.59. The SMILES string of the molecule is CCNC(=NCCCN(CC)c1ccccc1)NCCNC(C)=O. The van der Waals surface area contributed by atoms with Crippen molar-refractivity contribution in [1.82, 2.24) is 16.0 Å². The molecule has 0 heterocycles. The topological polar surface area (TPSA) is 68.8 Å². The van der Waals surface area contributed by atoms with Crippen LogP contribution in [0.5, 0.6) is 0 Å². The Labute approximate surface area is 145 Å². The van der Waals surface area contributed by atoms with Gasteiger partial charge in [-0.2, -0.15) is 0 Å². The first-order valence-corrected chi connectivity index (χ1v) is 8.74. The molecule has 6 heteroatoms. The smallest absolute Gasteiger partial charge is 0.216 e. The molecular weight excluding hydrogens is 302 g/mol. The molecule has 0 aromatic heterocycles. The zero-order valence-electron chi connectivity index (χ0n) is 15.1. The first-order chi connectivity index (χ1) is 11.7. The van der Waals surface area contributed by atoms with Crippen LogP contribution in [0, 0.1) is 0 Å². The maximum Gasteiger partial charge on any atom is 0.216 e. The van der Waals surface area contributed by atoms with E-state index in [1.807, 2.05) is 13.0 Å². The van der Waals surface area contributed by atoms with Gasteiger partial charge in [0.2, 0.25) is 5.91 Å². The Morgan fingerprint density at radius 2 is 1.79 bits per heavy atom. The number of carbonyl (C=O) groups is 1. The van der Waals surface area contributed by atoms with Gasteiger partial charge in [0.1, 0.15) is 0 Å². The second-order valence-electron chi connectivity index (χ2n) is 5.44. The third-order valence-corrected chi connectivity index (χ3v) is 3.49. The van der Waals surface area contributed by atoms with Crippen LogP contribution in [0.4, 0.5) is 5.69 Å². The molecule has 1 aromatic carbocycles. The van der Waals surface area contributed by atoms with Gasteiger partial charge in [-0.3, -0.25) is 9.79 Å². The molecule has 0 radical (unpaired) electrons. The molecule has 0 spiro atoms. The summed E-state index contributed by atoms with van der Waals surface area (Å²) in [4.78, 5) is 17.8. The highest BCUT2D eigenvalue weighted by atomic mass is 16.1. The van der Waals surface area contributed by atoms with Crippen LogP contribution in [0.3, 0.4) is 0 Å². The van der Waals surface area contributed by atoms with E-state index in [9.17, 15) is 4.79 Å². The minimum absolute atomic E-state index is 0.0145. The number of para-hydroxylation sites is 1. The average molecular weight is 333 g/mol. The molecule has 0 bridgehead atoms. The van der Waals surface area contributed by atoms with Gasteiger partial charge in [0, 0.05) is 51.9 Å². The van der Waals surface area contributed by atoms with Crippen molar-refractivity contribution in [2.24, 2.45) is 4.99 Å². The molecule has 24 heavy (non-hydrogen) atoms. The largest absolute Gasteiger partial charge is 0.372 e. The monoisotopic (exact) mass is 333 g/mol. The van der Waals surface area contributed by atoms with Crippen LogP contribution < -0.4 is 20.9 Å². The third-order valence-electron chi connectivity index (χ3n) is 3.49. The van der Waals surface area contributed by atoms with Crippen molar-refractivity contribution in [3.63, 3.8) is 0 Å². The van der Waals surface area contributed by atoms with Crippen LogP contribution in [-0.2, 0) is 4.79 Å². The molecule has 0 fully saturated rings. The van der Waals surface area contributed by atoms with E-state index < -0.39 is 0 Å². The number of benzene rings is 1. The number of guanidine groups is 1. The number of nitrogens with one attached hydrogen (secondary N) is 3. The van der Waals surface area contributed by atoms with E-state index >= 15 is 0 Å². The summed E-state index contributed by atoms with van der Waals surface area (Å²) in [6.07, 6.45) is 0.991. The lowest BCUT2D eigenvalue weighted by Gasteiger charge is -2.22. The molecule has 0 saturated carbocycles. The number of amides is 1. The van der Waals surface area contributed by atoms with E-state index in [0.29, 0.717) is 13.1 Å². The van der Waals surface area contributed by atoms with Gasteiger partial charge in [0.05, 0.1) is 0 Å². The van der Waals surface area contributed by atoms with Gasteiger partial charge in [0.25, 0.3) is 0 Å². The number of nitrogens with zero attached hydrogens (tertiary/aromatic N) is 2. The van der Waals surface area contributed by atoms with Gasteiger partial charge in [0.15, 0.2) is 5.96 Å². The minimum atomic E-state index is -0.0145. The van der Waals surface area contributed by atoms with E-state index in [1.54, 1.807) is 0 Å². The highest BCUT2D eigenvalue weighted by Gasteiger charge is 2.03. The van der Waals surface area contributed by atoms with E-state index in [2.05, 4.69) is 57.0 Å². The van der Waals surface area contributed by atoms with Gasteiger partial charge >= 0.3 is 0 Å². The van der Waals surface area contributed by atoms with Crippen LogP contribution in [0.2, 0.25) is 0 Å². The van der Waals surface area contributed by atoms with Crippen molar-refractivity contribution in [1.29, 1.82) is 0 Å². The lowest BCUT2D eigenvalue weighted by Crippen LogP contribution is -2.41. The predicted octanol–water partition coefficient (Wildman–Crippen LogP) is 1.59. The second kappa shape index (κ2) is 12.2. The Morgan fingerprint density at radius 3 is 2.42 bits per heavy atom. The Morgan fingerprint density at radius 1 is 1.08 bits per heavy atom. The van der Waals surface area contributed by atoms with Gasteiger partial charge in [-0.1, -0.05) is 18.2 Å². The first kappa shape index (κ1) is 19.8. The normalized spacial score (nSPS) is 11.0. The molecule has 0 saturated heterocycles. The van der Waals surface area contributed by atoms with Crippen molar-refractivity contribution in [3.8, 4) is 0 Å². The molecule has 0 aliphatic rings. The van der Waals surface area contributed by atoms with E-state index in [-0.39, 0.29) is 5.91 Å². The molecular formula is C18H31N5O. The molecule has 1 aromatic rings. The summed E-state index contributed by atoms with van der Waals surface area (Å²) in [6.45, 7) is 10.5. The molecule has 1 rings (SSSR count). The molecule has 1 amide bonds. The summed E-state index contributed by atoms with van der Waals surface area (Å²) in [5.74, 6) is 0.782. The first-order valence-electron chi connectivity index (χ1n) is 8.74. The number of hydrogen-bond acceptors (Lipinski definition) is 3. The zero-order chi connectivity index (χ0) is 17.6. The van der Waals surface area contributed by atoms with Gasteiger partial charge in [-0.15, -0.1) is 0 Å². The Bertz CT molecular complexity index is 489. The molecule has 3 N–H and O–H groups in total. The van der Waals surface area contributed by atoms with Crippen molar-refractivity contribution in [2.45, 2.75) is 27.2 Å². The van der Waals surface area contributed by atoms with Crippen LogP contribution in [0.25, 0.3) is 0 Å². The number of hydrogen-bond donors (Lipinski definition) is 3. The summed E-state index contributed by atoms with van der Waals surface area (Å²) in [5.41, 5.74) is 1.25. The fraction of sp³-hybridized carbons (Fsp3) is 0.556. The Hall–Kier alpha value is -2.24. The van der Waals surface area contributed by atoms with Gasteiger partial charge in [-0.25, -0.2) is 0 Å². The number of anilines is 1. The van der Waals surface area contributed by atoms with E-state index in [0.717, 1.165) is 38.6 Å². The van der Waals surface area contributed by atoms with E-state index in [4.69, 9.17) is 0 Å². The summed E-state index contributed by atoms with van der Waals surface area (Å²) in [6, 6.07) is 10.5. The lowest BCUT2D eigenvalue weighted by molar-refractivity contribution is -0.118. The molecule has 0 unspecified atom stereocenters. The summed E-state index contributed by atoms with van der Waals surface area (Å²) in [7, 11) is 0. The quantitative estimate of drug-likeness (QED) is 0.346. The number of aliphatic imine (C=N–C) groups is 1. The second-order valence-corrected chi connectivity index (χ2v) is 5.44. The standard InChI is InChI=1S/C18H31N5O/c1-4-19-18(22-14-13-20-16(3)24)21-12-9-15-23(5-2)17-10-7-6-8-11-17/h6-8,10-11H,4-5,9,12-15H2,1-3H3,(H,20,24)(H2,19,21,22). The maximum atomic E-state index is 10.8. The molecule has 6 nitrogen and oxygen atoms in total. The fourth-order valence-electron chi connectivity index (χ4n) is 2.32. The highest BCUT2D eigenvalue weighted by molar-refractivity contribution is 5.79. The lowest BCUT2D eigenvalue weighted by atomic mass is 10.2. The number of carbonyl (C=O) groups excluding carboxylic acids is 1. The van der Waals surface area contributed by atoms with Crippen LogP contribution in [-0.4, -0.2) is 51.1 Å². The number of rotatable bonds is 10.